The van der Waals surface area contributed by atoms with Crippen LogP contribution in [-0.4, -0.2) is 15.3 Å². The van der Waals surface area contributed by atoms with Gasteiger partial charge >= 0.3 is 0 Å². The molecule has 0 atom stereocenters. The number of aromatic amines is 1. The van der Waals surface area contributed by atoms with Crippen LogP contribution in [0.5, 0.6) is 0 Å². The third-order valence-electron chi connectivity index (χ3n) is 5.18. The fourth-order valence-electron chi connectivity index (χ4n) is 3.93. The Bertz CT molecular complexity index is 1560. The van der Waals surface area contributed by atoms with Crippen molar-refractivity contribution in [1.82, 2.24) is 9.55 Å². The molecule has 0 spiro atoms. The van der Waals surface area contributed by atoms with Gasteiger partial charge in [0.05, 0.1) is 23.1 Å². The van der Waals surface area contributed by atoms with E-state index in [0.29, 0.717) is 38.1 Å². The van der Waals surface area contributed by atoms with Crippen LogP contribution in [0, 0.1) is 0 Å². The summed E-state index contributed by atoms with van der Waals surface area (Å²) in [5.74, 6) is -0.0254. The van der Waals surface area contributed by atoms with E-state index < -0.39 is 0 Å². The predicted octanol–water partition coefficient (Wildman–Crippen LogP) is 3.74. The van der Waals surface area contributed by atoms with Gasteiger partial charge in [-0.15, -0.1) is 0 Å². The van der Waals surface area contributed by atoms with Crippen LogP contribution < -0.4 is 10.9 Å². The van der Waals surface area contributed by atoms with Gasteiger partial charge in [-0.1, -0.05) is 24.3 Å². The molecule has 2 aromatic heterocycles. The van der Waals surface area contributed by atoms with Gasteiger partial charge in [0.25, 0.3) is 0 Å². The molecule has 1 N–H and O–H groups in total. The molecule has 0 amide bonds. The van der Waals surface area contributed by atoms with E-state index in [2.05, 4.69) is 4.98 Å². The molecule has 5 rings (SSSR count). The topological polar surface area (TPSA) is 71.9 Å². The largest absolute Gasteiger partial charge is 0.354 e. The molecule has 5 heteroatoms. The van der Waals surface area contributed by atoms with Crippen molar-refractivity contribution >= 4 is 49.4 Å². The van der Waals surface area contributed by atoms with Crippen molar-refractivity contribution in [3.05, 3.63) is 81.1 Å². The molecule has 2 heterocycles. The number of hydrogen-bond acceptors (Lipinski definition) is 3. The third kappa shape index (κ3) is 2.29. The van der Waals surface area contributed by atoms with Crippen molar-refractivity contribution in [2.24, 2.45) is 0 Å². The Morgan fingerprint density at radius 2 is 1.46 bits per heavy atom. The SMILES string of the molecule is CC(=O)Cn1c2ccccc2c(=O)c2cc3[nH]c4ccccc4c(=O)c3cc21. The first kappa shape index (κ1) is 16.4. The van der Waals surface area contributed by atoms with Crippen LogP contribution >= 0.6 is 0 Å². The zero-order chi connectivity index (χ0) is 19.4. The molecule has 0 aliphatic carbocycles. The van der Waals surface area contributed by atoms with Crippen LogP contribution in [-0.2, 0) is 11.3 Å². The van der Waals surface area contributed by atoms with Crippen molar-refractivity contribution in [2.45, 2.75) is 13.5 Å². The molecule has 5 aromatic rings. The maximum absolute atomic E-state index is 13.1. The molecule has 0 radical (unpaired) electrons. The highest BCUT2D eigenvalue weighted by molar-refractivity contribution is 6.03. The summed E-state index contributed by atoms with van der Waals surface area (Å²) in [7, 11) is 0. The summed E-state index contributed by atoms with van der Waals surface area (Å²) >= 11 is 0. The molecule has 0 saturated heterocycles. The van der Waals surface area contributed by atoms with E-state index in [0.717, 1.165) is 5.52 Å². The molecule has 3 aromatic carbocycles. The summed E-state index contributed by atoms with van der Waals surface area (Å²) in [6.07, 6.45) is 0. The summed E-state index contributed by atoms with van der Waals surface area (Å²) in [4.78, 5) is 41.4. The fourth-order valence-corrected chi connectivity index (χ4v) is 3.93. The number of nitrogens with zero attached hydrogens (tertiary/aromatic N) is 1. The first-order valence-electron chi connectivity index (χ1n) is 9.04. The lowest BCUT2D eigenvalue weighted by atomic mass is 10.0. The van der Waals surface area contributed by atoms with Gasteiger partial charge in [0, 0.05) is 27.1 Å². The second-order valence-electron chi connectivity index (χ2n) is 7.05. The number of para-hydroxylation sites is 2. The molecule has 136 valence electrons. The summed E-state index contributed by atoms with van der Waals surface area (Å²) in [5.41, 5.74) is 2.41. The minimum atomic E-state index is -0.110. The lowest BCUT2D eigenvalue weighted by molar-refractivity contribution is -0.117. The monoisotopic (exact) mass is 368 g/mol. The quantitative estimate of drug-likeness (QED) is 0.483. The molecule has 5 nitrogen and oxygen atoms in total. The number of carbonyl (C=O) groups is 1. The van der Waals surface area contributed by atoms with Gasteiger partial charge in [0.15, 0.2) is 10.9 Å². The smallest absolute Gasteiger partial charge is 0.197 e. The van der Waals surface area contributed by atoms with E-state index in [-0.39, 0.29) is 23.2 Å². The van der Waals surface area contributed by atoms with Crippen molar-refractivity contribution in [3.63, 3.8) is 0 Å². The van der Waals surface area contributed by atoms with Crippen molar-refractivity contribution in [2.75, 3.05) is 0 Å². The van der Waals surface area contributed by atoms with Crippen LogP contribution in [0.2, 0.25) is 0 Å². The molecular formula is C23H16N2O3. The maximum Gasteiger partial charge on any atom is 0.197 e. The Labute approximate surface area is 158 Å². The number of benzene rings is 3. The highest BCUT2D eigenvalue weighted by Gasteiger charge is 2.15. The summed E-state index contributed by atoms with van der Waals surface area (Å²) in [5, 5.41) is 2.13. The highest BCUT2D eigenvalue weighted by atomic mass is 16.1. The fraction of sp³-hybridized carbons (Fsp3) is 0.0870. The number of rotatable bonds is 2. The lowest BCUT2D eigenvalue weighted by Crippen LogP contribution is -2.15. The minimum absolute atomic E-state index is 0.0254. The Balaban J connectivity index is 2.05. The normalized spacial score (nSPS) is 11.6. The van der Waals surface area contributed by atoms with Crippen molar-refractivity contribution in [3.8, 4) is 0 Å². The summed E-state index contributed by atoms with van der Waals surface area (Å²) in [6.45, 7) is 1.65. The second-order valence-corrected chi connectivity index (χ2v) is 7.05. The first-order chi connectivity index (χ1) is 13.5. The number of hydrogen-bond donors (Lipinski definition) is 1. The van der Waals surface area contributed by atoms with E-state index in [9.17, 15) is 14.4 Å². The number of Topliss-reactive ketones (excluding diaryl/α,β-unsaturated/α-hetero) is 1. The Kier molecular flexibility index (Phi) is 3.46. The van der Waals surface area contributed by atoms with E-state index in [1.807, 2.05) is 41.0 Å². The standard InChI is InChI=1S/C23H16N2O3/c1-13(26)12-25-20-9-5-3-7-15(20)23(28)17-10-19-16(11-21(17)25)22(27)14-6-2-4-8-18(14)24-19/h2-11H,12H2,1H3,(H,24,27). The maximum atomic E-state index is 13.1. The van der Waals surface area contributed by atoms with E-state index >= 15 is 0 Å². The average molecular weight is 368 g/mol. The number of fused-ring (bicyclic) bond motifs is 4. The van der Waals surface area contributed by atoms with Crippen LogP contribution in [0.15, 0.2) is 70.3 Å². The molecule has 0 bridgehead atoms. The molecule has 0 unspecified atom stereocenters. The second kappa shape index (κ2) is 5.89. The molecule has 0 aliphatic heterocycles. The zero-order valence-electron chi connectivity index (χ0n) is 15.2. The molecule has 0 fully saturated rings. The van der Waals surface area contributed by atoms with Crippen LogP contribution in [0.3, 0.4) is 0 Å². The van der Waals surface area contributed by atoms with E-state index in [1.165, 1.54) is 6.92 Å². The molecule has 0 saturated carbocycles. The Morgan fingerprint density at radius 3 is 2.25 bits per heavy atom. The Hall–Kier alpha value is -3.73. The third-order valence-corrected chi connectivity index (χ3v) is 5.18. The van der Waals surface area contributed by atoms with E-state index in [1.54, 1.807) is 24.3 Å². The van der Waals surface area contributed by atoms with Gasteiger partial charge in [-0.05, 0) is 43.3 Å². The average Bonchev–Trinajstić information content (AvgIpc) is 2.70. The Morgan fingerprint density at radius 1 is 0.786 bits per heavy atom. The molecular weight excluding hydrogens is 352 g/mol. The minimum Gasteiger partial charge on any atom is -0.354 e. The number of pyridine rings is 2. The van der Waals surface area contributed by atoms with E-state index in [4.69, 9.17) is 0 Å². The number of carbonyl (C=O) groups excluding carboxylic acids is 1. The van der Waals surface area contributed by atoms with Gasteiger partial charge in [-0.3, -0.25) is 14.4 Å². The number of aromatic nitrogens is 2. The van der Waals surface area contributed by atoms with Gasteiger partial charge in [0.2, 0.25) is 0 Å². The van der Waals surface area contributed by atoms with Crippen LogP contribution in [0.4, 0.5) is 0 Å². The van der Waals surface area contributed by atoms with Crippen molar-refractivity contribution < 1.29 is 4.79 Å². The summed E-state index contributed by atoms with van der Waals surface area (Å²) < 4.78 is 1.82. The number of H-pyrrole nitrogens is 1. The predicted molar refractivity (Wildman–Crippen MR) is 112 cm³/mol. The van der Waals surface area contributed by atoms with Crippen LogP contribution in [0.1, 0.15) is 6.92 Å². The van der Waals surface area contributed by atoms with Crippen molar-refractivity contribution in [1.29, 1.82) is 0 Å². The lowest BCUT2D eigenvalue weighted by Gasteiger charge is -2.15. The number of ketones is 1. The van der Waals surface area contributed by atoms with Gasteiger partial charge in [-0.25, -0.2) is 0 Å². The van der Waals surface area contributed by atoms with Gasteiger partial charge in [0.1, 0.15) is 5.78 Å². The number of nitrogens with one attached hydrogen (secondary N) is 1. The van der Waals surface area contributed by atoms with Gasteiger partial charge < -0.3 is 9.55 Å². The first-order valence-corrected chi connectivity index (χ1v) is 9.04. The molecule has 28 heavy (non-hydrogen) atoms. The summed E-state index contributed by atoms with van der Waals surface area (Å²) in [6, 6.07) is 18.0. The highest BCUT2D eigenvalue weighted by Crippen LogP contribution is 2.24. The van der Waals surface area contributed by atoms with Crippen LogP contribution in [0.25, 0.3) is 43.6 Å². The molecule has 0 aliphatic rings. The zero-order valence-corrected chi connectivity index (χ0v) is 15.2. The van der Waals surface area contributed by atoms with Gasteiger partial charge in [-0.2, -0.15) is 0 Å².